The Morgan fingerprint density at radius 2 is 1.97 bits per heavy atom. The van der Waals surface area contributed by atoms with Crippen LogP contribution in [-0.2, 0) is 15.1 Å². The third-order valence-corrected chi connectivity index (χ3v) is 6.55. The molecule has 192 valence electrons. The first kappa shape index (κ1) is 25.4. The first-order valence-electron chi connectivity index (χ1n) is 10.9. The Balaban J connectivity index is 0.000000384. The number of alkyl halides is 3. The van der Waals surface area contributed by atoms with Gasteiger partial charge in [-0.1, -0.05) is 6.07 Å². The molecule has 1 aromatic carbocycles. The van der Waals surface area contributed by atoms with Crippen LogP contribution in [0.15, 0.2) is 41.5 Å². The number of rotatable bonds is 1. The monoisotopic (exact) mass is 510 g/mol. The lowest BCUT2D eigenvalue weighted by Crippen LogP contribution is -2.55. The van der Waals surface area contributed by atoms with Gasteiger partial charge in [0.15, 0.2) is 11.5 Å². The zero-order valence-electron chi connectivity index (χ0n) is 18.9. The molecule has 4 N–H and O–H groups in total. The molecule has 4 atom stereocenters. The molecule has 1 aliphatic carbocycles. The van der Waals surface area contributed by atoms with E-state index < -0.39 is 29.7 Å². The maximum absolute atomic E-state index is 14.3. The van der Waals surface area contributed by atoms with Gasteiger partial charge < -0.3 is 20.7 Å². The van der Waals surface area contributed by atoms with Crippen molar-refractivity contribution in [1.82, 2.24) is 9.88 Å². The highest BCUT2D eigenvalue weighted by Crippen LogP contribution is 2.53. The third-order valence-electron chi connectivity index (χ3n) is 6.55. The number of pyridine rings is 1. The van der Waals surface area contributed by atoms with Crippen molar-refractivity contribution in [3.8, 4) is 16.9 Å². The average molecular weight is 510 g/mol. The Morgan fingerprint density at radius 3 is 2.56 bits per heavy atom. The Labute approximate surface area is 202 Å². The number of fused-ring (bicyclic) bond motifs is 4. The number of nitrogens with two attached hydrogens (primary N) is 1. The van der Waals surface area contributed by atoms with Crippen molar-refractivity contribution in [2.75, 3.05) is 7.05 Å². The second-order valence-corrected chi connectivity index (χ2v) is 8.69. The molecular formula is C23H22F4N4O5. The highest BCUT2D eigenvalue weighted by Gasteiger charge is 2.60. The summed E-state index contributed by atoms with van der Waals surface area (Å²) in [7, 11) is 1.60. The quantitative estimate of drug-likeness (QED) is 0.396. The van der Waals surface area contributed by atoms with Crippen LogP contribution in [-0.4, -0.2) is 63.4 Å². The number of amides is 1. The summed E-state index contributed by atoms with van der Waals surface area (Å²) in [6.07, 6.45) is -2.95. The molecule has 4 unspecified atom stereocenters. The van der Waals surface area contributed by atoms with Gasteiger partial charge in [0.2, 0.25) is 5.95 Å². The number of hydrogen-bond acceptors (Lipinski definition) is 7. The molecule has 2 aliphatic heterocycles. The lowest BCUT2D eigenvalue weighted by Gasteiger charge is -2.46. The van der Waals surface area contributed by atoms with Crippen molar-refractivity contribution < 1.29 is 42.1 Å². The number of nitrogens with zero attached hydrogens (tertiary/aromatic N) is 3. The van der Waals surface area contributed by atoms with E-state index in [-0.39, 0.29) is 23.9 Å². The first-order chi connectivity index (χ1) is 16.9. The molecular weight excluding hydrogens is 488 g/mol. The van der Waals surface area contributed by atoms with E-state index in [1.165, 1.54) is 11.1 Å². The van der Waals surface area contributed by atoms with Gasteiger partial charge in [-0.15, -0.1) is 0 Å². The van der Waals surface area contributed by atoms with Crippen LogP contribution in [0.4, 0.5) is 17.6 Å². The van der Waals surface area contributed by atoms with Gasteiger partial charge in [0.05, 0.1) is 6.10 Å². The number of ether oxygens (including phenoxy) is 1. The lowest BCUT2D eigenvalue weighted by atomic mass is 9.67. The third kappa shape index (κ3) is 4.23. The van der Waals surface area contributed by atoms with Crippen molar-refractivity contribution in [3.63, 3.8) is 0 Å². The standard InChI is InChI=1S/C21H21FN4O3.C2HF3O2/c1-26-19(28)21(25-20(26)23)14-6-5-12(27)10-17(14)29-16-7-4-11(9-15(16)21)13-3-2-8-24-18(13)22;3-2(4,5)1(6)7/h2-4,7-9,12,14,17,27H,5-6,10H2,1H3,(H2,23,25);(H,6,7). The summed E-state index contributed by atoms with van der Waals surface area (Å²) < 4.78 is 52.2. The van der Waals surface area contributed by atoms with Gasteiger partial charge in [0.25, 0.3) is 5.91 Å². The van der Waals surface area contributed by atoms with Gasteiger partial charge in [-0.05, 0) is 42.7 Å². The lowest BCUT2D eigenvalue weighted by molar-refractivity contribution is -0.192. The van der Waals surface area contributed by atoms with Gasteiger partial charge in [0, 0.05) is 36.7 Å². The molecule has 1 aromatic heterocycles. The number of carboxylic acids is 1. The Morgan fingerprint density at radius 1 is 1.28 bits per heavy atom. The van der Waals surface area contributed by atoms with E-state index >= 15 is 0 Å². The largest absolute Gasteiger partial charge is 0.490 e. The molecule has 3 aliphatic rings. The number of aliphatic hydroxyl groups is 1. The number of carboxylic acid groups (broad SMARTS) is 1. The van der Waals surface area contributed by atoms with Crippen molar-refractivity contribution in [3.05, 3.63) is 48.0 Å². The van der Waals surface area contributed by atoms with E-state index in [9.17, 15) is 27.5 Å². The molecule has 1 amide bonds. The fourth-order valence-electron chi connectivity index (χ4n) is 4.86. The molecule has 1 fully saturated rings. The summed E-state index contributed by atoms with van der Waals surface area (Å²) in [5, 5.41) is 17.3. The normalized spacial score (nSPS) is 26.8. The minimum Gasteiger partial charge on any atom is -0.490 e. The number of benzene rings is 1. The Hall–Kier alpha value is -3.74. The number of aliphatic imine (C=N–C) groups is 1. The van der Waals surface area contributed by atoms with E-state index in [0.717, 1.165) is 0 Å². The second kappa shape index (κ2) is 9.04. The number of aromatic nitrogens is 1. The van der Waals surface area contributed by atoms with Crippen LogP contribution in [0, 0.1) is 11.9 Å². The number of aliphatic carboxylic acids is 1. The van der Waals surface area contributed by atoms with E-state index in [2.05, 4.69) is 9.98 Å². The number of carbonyl (C=O) groups excluding carboxylic acids is 1. The summed E-state index contributed by atoms with van der Waals surface area (Å²) in [5.41, 5.74) is 6.32. The summed E-state index contributed by atoms with van der Waals surface area (Å²) >= 11 is 0. The molecule has 3 heterocycles. The SMILES string of the molecule is CN1C(=O)C2(N=C1N)c1cc(-c3cccnc3F)ccc1OC1CC(O)CCC12.O=C(O)C(F)(F)F. The van der Waals surface area contributed by atoms with Gasteiger partial charge in [0.1, 0.15) is 11.9 Å². The number of guanidine groups is 1. The van der Waals surface area contributed by atoms with Crippen molar-refractivity contribution in [2.24, 2.45) is 16.6 Å². The number of likely N-dealkylation sites (N-methyl/N-ethyl adjacent to an activating group) is 1. The summed E-state index contributed by atoms with van der Waals surface area (Å²) in [5.74, 6) is -3.18. The van der Waals surface area contributed by atoms with Gasteiger partial charge in [-0.25, -0.2) is 14.8 Å². The van der Waals surface area contributed by atoms with Crippen LogP contribution in [0.2, 0.25) is 0 Å². The van der Waals surface area contributed by atoms with Crippen LogP contribution < -0.4 is 10.5 Å². The predicted octanol–water partition coefficient (Wildman–Crippen LogP) is 2.42. The molecule has 2 aromatic rings. The zero-order chi connectivity index (χ0) is 26.4. The van der Waals surface area contributed by atoms with Crippen LogP contribution in [0.25, 0.3) is 11.1 Å². The van der Waals surface area contributed by atoms with Crippen LogP contribution in [0.1, 0.15) is 24.8 Å². The van der Waals surface area contributed by atoms with Crippen molar-refractivity contribution in [1.29, 1.82) is 0 Å². The van der Waals surface area contributed by atoms with Crippen molar-refractivity contribution >= 4 is 17.8 Å². The van der Waals surface area contributed by atoms with E-state index in [4.69, 9.17) is 20.4 Å². The van der Waals surface area contributed by atoms with Gasteiger partial charge in [-0.2, -0.15) is 17.6 Å². The van der Waals surface area contributed by atoms with Crippen LogP contribution >= 0.6 is 0 Å². The smallest absolute Gasteiger partial charge is 0.490 e. The molecule has 36 heavy (non-hydrogen) atoms. The first-order valence-corrected chi connectivity index (χ1v) is 10.9. The highest BCUT2D eigenvalue weighted by atomic mass is 19.4. The number of carbonyl (C=O) groups is 2. The minimum absolute atomic E-state index is 0.144. The Kier molecular flexibility index (Phi) is 6.37. The molecule has 5 rings (SSSR count). The molecule has 9 nitrogen and oxygen atoms in total. The van der Waals surface area contributed by atoms with Crippen molar-refractivity contribution in [2.45, 2.75) is 43.2 Å². The molecule has 0 radical (unpaired) electrons. The summed E-state index contributed by atoms with van der Waals surface area (Å²) in [4.78, 5) is 32.1. The fourth-order valence-corrected chi connectivity index (χ4v) is 4.86. The van der Waals surface area contributed by atoms with Gasteiger partial charge in [-0.3, -0.25) is 9.69 Å². The average Bonchev–Trinajstić information content (AvgIpc) is 3.03. The minimum atomic E-state index is -5.08. The zero-order valence-corrected chi connectivity index (χ0v) is 18.9. The maximum Gasteiger partial charge on any atom is 0.490 e. The molecule has 0 saturated heterocycles. The highest BCUT2D eigenvalue weighted by molar-refractivity contribution is 6.07. The van der Waals surface area contributed by atoms with E-state index in [1.807, 2.05) is 0 Å². The molecule has 13 heteroatoms. The second-order valence-electron chi connectivity index (χ2n) is 8.69. The summed E-state index contributed by atoms with van der Waals surface area (Å²) in [6, 6.07) is 8.52. The maximum atomic E-state index is 14.3. The van der Waals surface area contributed by atoms with E-state index in [0.29, 0.717) is 41.7 Å². The predicted molar refractivity (Wildman–Crippen MR) is 117 cm³/mol. The van der Waals surface area contributed by atoms with Crippen LogP contribution in [0.5, 0.6) is 5.75 Å². The summed E-state index contributed by atoms with van der Waals surface area (Å²) in [6.45, 7) is 0. The molecule has 1 saturated carbocycles. The topological polar surface area (TPSA) is 138 Å². The van der Waals surface area contributed by atoms with Crippen LogP contribution in [0.3, 0.4) is 0 Å². The fraction of sp³-hybridized carbons (Fsp3) is 0.391. The molecule has 0 bridgehead atoms. The van der Waals surface area contributed by atoms with Gasteiger partial charge >= 0.3 is 12.1 Å². The number of halogens is 4. The van der Waals surface area contributed by atoms with E-state index in [1.54, 1.807) is 37.4 Å². The number of hydrogen-bond donors (Lipinski definition) is 3. The Bertz CT molecular complexity index is 1240. The number of aliphatic hydroxyl groups excluding tert-OH is 1. The molecule has 1 spiro atoms.